The smallest absolute Gasteiger partial charge is 0.245 e. The maximum absolute atomic E-state index is 11.8. The van der Waals surface area contributed by atoms with E-state index in [4.69, 9.17) is 4.74 Å². The highest BCUT2D eigenvalue weighted by molar-refractivity contribution is 8.76. The molecule has 0 fully saturated rings. The summed E-state index contributed by atoms with van der Waals surface area (Å²) in [5.74, 6) is 1.11. The van der Waals surface area contributed by atoms with Crippen molar-refractivity contribution in [3.63, 3.8) is 0 Å². The summed E-state index contributed by atoms with van der Waals surface area (Å²) in [6, 6.07) is 11.4. The van der Waals surface area contributed by atoms with E-state index in [-0.39, 0.29) is 5.91 Å². The molecule has 0 atom stereocenters. The van der Waals surface area contributed by atoms with Gasteiger partial charge in [-0.1, -0.05) is 0 Å². The van der Waals surface area contributed by atoms with Crippen LogP contribution in [0.15, 0.2) is 58.8 Å². The quantitative estimate of drug-likeness (QED) is 0.642. The molecule has 0 aliphatic carbocycles. The molecule has 0 radical (unpaired) electrons. The van der Waals surface area contributed by atoms with Crippen LogP contribution in [0.4, 0.5) is 0 Å². The maximum Gasteiger partial charge on any atom is 0.245 e. The van der Waals surface area contributed by atoms with Crippen LogP contribution in [0.3, 0.4) is 0 Å². The molecule has 1 aromatic carbocycles. The van der Waals surface area contributed by atoms with Crippen LogP contribution in [0.5, 0.6) is 5.75 Å². The molecule has 0 N–H and O–H groups in total. The van der Waals surface area contributed by atoms with E-state index in [0.29, 0.717) is 11.0 Å². The van der Waals surface area contributed by atoms with Gasteiger partial charge in [-0.05, 0) is 58.0 Å². The Balaban J connectivity index is 1.80. The van der Waals surface area contributed by atoms with Crippen LogP contribution >= 0.6 is 21.6 Å². The fourth-order valence-electron chi connectivity index (χ4n) is 1.95. The van der Waals surface area contributed by atoms with Crippen molar-refractivity contribution >= 4 is 27.5 Å². The average Bonchev–Trinajstić information content (AvgIpc) is 3.06. The molecule has 2 aromatic heterocycles. The lowest BCUT2D eigenvalue weighted by Gasteiger charge is -2.00. The number of aromatic nitrogens is 4. The van der Waals surface area contributed by atoms with Gasteiger partial charge in [0.1, 0.15) is 5.75 Å². The lowest BCUT2D eigenvalue weighted by molar-refractivity contribution is 0.0922. The van der Waals surface area contributed by atoms with Crippen LogP contribution in [0.1, 0.15) is 11.7 Å². The zero-order valence-corrected chi connectivity index (χ0v) is 14.7. The van der Waals surface area contributed by atoms with Crippen molar-refractivity contribution < 1.29 is 9.53 Å². The van der Waals surface area contributed by atoms with Gasteiger partial charge in [-0.2, -0.15) is 4.68 Å². The summed E-state index contributed by atoms with van der Waals surface area (Å²) in [4.78, 5) is 21.4. The third-order valence-electron chi connectivity index (χ3n) is 3.08. The van der Waals surface area contributed by atoms with Gasteiger partial charge >= 0.3 is 0 Å². The SMILES string of the molecule is COc1ccc(SSc2nc(-c3cccnc3)n(C(C)=O)n2)cc1. The van der Waals surface area contributed by atoms with E-state index < -0.39 is 0 Å². The normalized spacial score (nSPS) is 10.6. The molecule has 0 aliphatic rings. The molecular formula is C16H14N4O2S2. The molecule has 0 spiro atoms. The summed E-state index contributed by atoms with van der Waals surface area (Å²) in [5.41, 5.74) is 0.751. The standard InChI is InChI=1S/C16H14N4O2S2/c1-11(21)20-15(12-4-3-9-17-10-12)18-16(19-20)24-23-14-7-5-13(22-2)6-8-14/h3-10H,1-2H3. The molecular weight excluding hydrogens is 344 g/mol. The Labute approximate surface area is 147 Å². The van der Waals surface area contributed by atoms with Crippen molar-refractivity contribution in [1.29, 1.82) is 0 Å². The van der Waals surface area contributed by atoms with Gasteiger partial charge in [-0.25, -0.2) is 4.98 Å². The minimum Gasteiger partial charge on any atom is -0.497 e. The van der Waals surface area contributed by atoms with E-state index in [2.05, 4.69) is 15.1 Å². The number of methoxy groups -OCH3 is 1. The predicted octanol–water partition coefficient (Wildman–Crippen LogP) is 3.81. The molecule has 0 unspecified atom stereocenters. The van der Waals surface area contributed by atoms with E-state index in [0.717, 1.165) is 16.2 Å². The zero-order valence-electron chi connectivity index (χ0n) is 13.0. The second-order valence-corrected chi connectivity index (χ2v) is 6.90. The van der Waals surface area contributed by atoms with Gasteiger partial charge in [0.15, 0.2) is 5.82 Å². The van der Waals surface area contributed by atoms with Crippen molar-refractivity contribution in [1.82, 2.24) is 19.7 Å². The Kier molecular flexibility index (Phi) is 5.17. The highest BCUT2D eigenvalue weighted by Crippen LogP contribution is 2.37. The molecule has 6 nitrogen and oxygen atoms in total. The van der Waals surface area contributed by atoms with Crippen LogP contribution in [0, 0.1) is 0 Å². The van der Waals surface area contributed by atoms with Gasteiger partial charge in [-0.15, -0.1) is 5.10 Å². The molecule has 122 valence electrons. The summed E-state index contributed by atoms with van der Waals surface area (Å²) in [5, 5.41) is 4.80. The second kappa shape index (κ2) is 7.50. The van der Waals surface area contributed by atoms with Crippen molar-refractivity contribution in [3.05, 3.63) is 48.8 Å². The number of carbonyl (C=O) groups is 1. The molecule has 0 amide bonds. The fourth-order valence-corrected chi connectivity index (χ4v) is 3.66. The average molecular weight is 358 g/mol. The number of ether oxygens (including phenoxy) is 1. The number of benzene rings is 1. The Hall–Kier alpha value is -2.32. The molecule has 24 heavy (non-hydrogen) atoms. The van der Waals surface area contributed by atoms with Crippen molar-refractivity contribution in [2.24, 2.45) is 0 Å². The van der Waals surface area contributed by atoms with Gasteiger partial charge in [0.2, 0.25) is 11.1 Å². The topological polar surface area (TPSA) is 69.9 Å². The van der Waals surface area contributed by atoms with E-state index >= 15 is 0 Å². The lowest BCUT2D eigenvalue weighted by Crippen LogP contribution is -2.09. The predicted molar refractivity (Wildman–Crippen MR) is 94.3 cm³/mol. The van der Waals surface area contributed by atoms with Gasteiger partial charge in [-0.3, -0.25) is 9.78 Å². The van der Waals surface area contributed by atoms with Crippen LogP contribution in [0.25, 0.3) is 11.4 Å². The lowest BCUT2D eigenvalue weighted by atomic mass is 10.3. The van der Waals surface area contributed by atoms with Gasteiger partial charge < -0.3 is 4.74 Å². The van der Waals surface area contributed by atoms with Crippen molar-refractivity contribution in [2.45, 2.75) is 17.0 Å². The third kappa shape index (κ3) is 3.77. The van der Waals surface area contributed by atoms with Gasteiger partial charge in [0.25, 0.3) is 0 Å². The monoisotopic (exact) mass is 358 g/mol. The van der Waals surface area contributed by atoms with E-state index in [9.17, 15) is 4.79 Å². The minimum absolute atomic E-state index is 0.192. The first-order valence-electron chi connectivity index (χ1n) is 7.04. The molecule has 0 aliphatic heterocycles. The number of carbonyl (C=O) groups excluding carboxylic acids is 1. The first-order valence-corrected chi connectivity index (χ1v) is 9.19. The van der Waals surface area contributed by atoms with Gasteiger partial charge in [0.05, 0.1) is 7.11 Å². The molecule has 3 rings (SSSR count). The Morgan fingerprint density at radius 2 is 1.96 bits per heavy atom. The highest BCUT2D eigenvalue weighted by atomic mass is 33.1. The van der Waals surface area contributed by atoms with Gasteiger partial charge in [0, 0.05) is 29.8 Å². The number of nitrogens with zero attached hydrogens (tertiary/aromatic N) is 4. The van der Waals surface area contributed by atoms with Crippen LogP contribution in [0.2, 0.25) is 0 Å². The summed E-state index contributed by atoms with van der Waals surface area (Å²) < 4.78 is 6.44. The van der Waals surface area contributed by atoms with E-state index in [1.807, 2.05) is 30.3 Å². The number of hydrogen-bond acceptors (Lipinski definition) is 7. The summed E-state index contributed by atoms with van der Waals surface area (Å²) in [6.07, 6.45) is 3.34. The fraction of sp³-hybridized carbons (Fsp3) is 0.125. The second-order valence-electron chi connectivity index (χ2n) is 4.73. The molecule has 0 saturated carbocycles. The highest BCUT2D eigenvalue weighted by Gasteiger charge is 2.16. The summed E-state index contributed by atoms with van der Waals surface area (Å²) in [6.45, 7) is 1.46. The number of rotatable bonds is 5. The number of pyridine rings is 1. The first kappa shape index (κ1) is 16.5. The largest absolute Gasteiger partial charge is 0.497 e. The summed E-state index contributed by atoms with van der Waals surface area (Å²) >= 11 is 0. The summed E-state index contributed by atoms with van der Waals surface area (Å²) in [7, 11) is 4.55. The van der Waals surface area contributed by atoms with E-state index in [1.54, 1.807) is 25.6 Å². The van der Waals surface area contributed by atoms with Crippen LogP contribution in [-0.4, -0.2) is 32.8 Å². The molecule has 2 heterocycles. The zero-order chi connectivity index (χ0) is 16.9. The number of hydrogen-bond donors (Lipinski definition) is 0. The van der Waals surface area contributed by atoms with E-state index in [1.165, 1.54) is 33.2 Å². The Morgan fingerprint density at radius 1 is 1.17 bits per heavy atom. The van der Waals surface area contributed by atoms with Crippen molar-refractivity contribution in [3.8, 4) is 17.1 Å². The van der Waals surface area contributed by atoms with Crippen LogP contribution < -0.4 is 4.74 Å². The third-order valence-corrected chi connectivity index (χ3v) is 5.22. The molecule has 8 heteroatoms. The first-order chi connectivity index (χ1) is 11.7. The van der Waals surface area contributed by atoms with Crippen molar-refractivity contribution in [2.75, 3.05) is 7.11 Å². The molecule has 3 aromatic rings. The Morgan fingerprint density at radius 3 is 2.58 bits per heavy atom. The molecule has 0 bridgehead atoms. The molecule has 0 saturated heterocycles. The van der Waals surface area contributed by atoms with Crippen LogP contribution in [-0.2, 0) is 0 Å². The maximum atomic E-state index is 11.8. The minimum atomic E-state index is -0.192. The Bertz CT molecular complexity index is 835.